The van der Waals surface area contributed by atoms with Crippen molar-refractivity contribution in [1.29, 1.82) is 0 Å². The van der Waals surface area contributed by atoms with E-state index in [4.69, 9.17) is 4.74 Å². The second-order valence-corrected chi connectivity index (χ2v) is 9.63. The summed E-state index contributed by atoms with van der Waals surface area (Å²) >= 11 is 4.07. The Kier molecular flexibility index (Phi) is 7.99. The maximum Gasteiger partial charge on any atom is 0.294 e. The highest BCUT2D eigenvalue weighted by Crippen LogP contribution is 2.35. The largest absolute Gasteiger partial charge is 0.488 e. The molecule has 188 valence electrons. The number of rotatable bonds is 8. The number of thioether (sulfide) groups is 1. The van der Waals surface area contributed by atoms with Crippen LogP contribution < -0.4 is 10.1 Å². The van der Waals surface area contributed by atoms with E-state index in [9.17, 15) is 28.9 Å². The summed E-state index contributed by atoms with van der Waals surface area (Å²) in [7, 11) is 0. The van der Waals surface area contributed by atoms with Crippen molar-refractivity contribution in [3.63, 3.8) is 0 Å². The van der Waals surface area contributed by atoms with Gasteiger partial charge < -0.3 is 10.1 Å². The van der Waals surface area contributed by atoms with Gasteiger partial charge in [0.1, 0.15) is 24.7 Å². The highest BCUT2D eigenvalue weighted by Gasteiger charge is 2.36. The molecule has 3 aromatic carbocycles. The smallest absolute Gasteiger partial charge is 0.294 e. The molecule has 1 heterocycles. The second-order valence-electron chi connectivity index (χ2n) is 7.72. The van der Waals surface area contributed by atoms with E-state index >= 15 is 0 Å². The van der Waals surface area contributed by atoms with Crippen LogP contribution in [-0.4, -0.2) is 33.4 Å². The average molecular weight is 586 g/mol. The molecule has 37 heavy (non-hydrogen) atoms. The number of nitrogens with zero attached hydrogens (tertiary/aromatic N) is 2. The number of hydrogen-bond acceptors (Lipinski definition) is 7. The summed E-state index contributed by atoms with van der Waals surface area (Å²) in [6.07, 6.45) is 1.50. The van der Waals surface area contributed by atoms with Crippen molar-refractivity contribution in [1.82, 2.24) is 4.90 Å². The van der Waals surface area contributed by atoms with Crippen LogP contribution in [0.5, 0.6) is 5.75 Å². The van der Waals surface area contributed by atoms with Crippen LogP contribution in [0.15, 0.2) is 76.1 Å². The lowest BCUT2D eigenvalue weighted by molar-refractivity contribution is -0.384. The molecule has 0 bridgehead atoms. The van der Waals surface area contributed by atoms with Crippen LogP contribution in [0, 0.1) is 15.9 Å². The first-order valence-corrected chi connectivity index (χ1v) is 12.3. The molecule has 0 aromatic heterocycles. The van der Waals surface area contributed by atoms with Crippen molar-refractivity contribution in [2.75, 3.05) is 11.9 Å². The third-order valence-electron chi connectivity index (χ3n) is 5.10. The number of non-ortho nitro benzene ring substituents is 1. The number of carbonyl (C=O) groups is 3. The van der Waals surface area contributed by atoms with Gasteiger partial charge in [0.15, 0.2) is 0 Å². The molecule has 0 radical (unpaired) electrons. The first kappa shape index (κ1) is 26.0. The molecule has 0 saturated carbocycles. The van der Waals surface area contributed by atoms with Crippen molar-refractivity contribution in [2.45, 2.75) is 6.61 Å². The van der Waals surface area contributed by atoms with Crippen LogP contribution in [-0.2, 0) is 16.2 Å². The minimum atomic E-state index is -0.634. The Bertz CT molecular complexity index is 1410. The monoisotopic (exact) mass is 585 g/mol. The van der Waals surface area contributed by atoms with E-state index in [0.717, 1.165) is 4.90 Å². The lowest BCUT2D eigenvalue weighted by Crippen LogP contribution is -2.36. The van der Waals surface area contributed by atoms with Gasteiger partial charge in [-0.3, -0.25) is 29.4 Å². The number of nitrogens with one attached hydrogen (secondary N) is 1. The van der Waals surface area contributed by atoms with E-state index in [1.807, 2.05) is 0 Å². The summed E-state index contributed by atoms with van der Waals surface area (Å²) in [4.78, 5) is 49.0. The number of hydrogen-bond donors (Lipinski definition) is 1. The Morgan fingerprint density at radius 3 is 2.49 bits per heavy atom. The zero-order valence-corrected chi connectivity index (χ0v) is 21.3. The maximum atomic E-state index is 13.1. The van der Waals surface area contributed by atoms with Gasteiger partial charge in [-0.2, -0.15) is 0 Å². The maximum absolute atomic E-state index is 13.1. The van der Waals surface area contributed by atoms with E-state index in [0.29, 0.717) is 38.8 Å². The van der Waals surface area contributed by atoms with Crippen LogP contribution in [0.1, 0.15) is 11.1 Å². The molecular formula is C25H17BrFN3O6S. The molecule has 0 unspecified atom stereocenters. The Morgan fingerprint density at radius 2 is 1.81 bits per heavy atom. The molecule has 1 aliphatic heterocycles. The highest BCUT2D eigenvalue weighted by molar-refractivity contribution is 9.10. The van der Waals surface area contributed by atoms with Crippen LogP contribution in [0.3, 0.4) is 0 Å². The molecule has 0 spiro atoms. The minimum Gasteiger partial charge on any atom is -0.488 e. The molecule has 3 amide bonds. The van der Waals surface area contributed by atoms with Crippen molar-refractivity contribution >= 4 is 62.2 Å². The number of ether oxygens (including phenoxy) is 1. The van der Waals surface area contributed by atoms with Gasteiger partial charge in [-0.1, -0.05) is 15.9 Å². The Balaban J connectivity index is 1.46. The van der Waals surface area contributed by atoms with Gasteiger partial charge in [0.2, 0.25) is 5.91 Å². The number of anilines is 1. The predicted molar refractivity (Wildman–Crippen MR) is 139 cm³/mol. The summed E-state index contributed by atoms with van der Waals surface area (Å²) in [6.45, 7) is -0.382. The van der Waals surface area contributed by atoms with E-state index in [1.54, 1.807) is 30.3 Å². The van der Waals surface area contributed by atoms with Gasteiger partial charge >= 0.3 is 0 Å². The molecule has 1 aliphatic rings. The molecule has 3 aromatic rings. The van der Waals surface area contributed by atoms with Gasteiger partial charge in [0.05, 0.1) is 9.83 Å². The normalized spacial score (nSPS) is 14.2. The number of amides is 3. The number of halogens is 2. The van der Waals surface area contributed by atoms with Crippen LogP contribution in [0.4, 0.5) is 20.6 Å². The number of nitro groups is 1. The summed E-state index contributed by atoms with van der Waals surface area (Å²) in [5.41, 5.74) is 1.51. The fraction of sp³-hybridized carbons (Fsp3) is 0.0800. The van der Waals surface area contributed by atoms with Crippen molar-refractivity contribution in [2.24, 2.45) is 0 Å². The van der Waals surface area contributed by atoms with Crippen molar-refractivity contribution in [3.05, 3.63) is 103 Å². The molecule has 9 nitrogen and oxygen atoms in total. The topological polar surface area (TPSA) is 119 Å². The van der Waals surface area contributed by atoms with E-state index in [2.05, 4.69) is 21.2 Å². The first-order chi connectivity index (χ1) is 17.7. The quantitative estimate of drug-likeness (QED) is 0.203. The SMILES string of the molecule is O=C(CN1C(=O)S/C(=C\c2cc(Br)ccc2OCc2ccc([N+](=O)[O-])cc2)C1=O)Nc1ccc(F)cc1. The van der Waals surface area contributed by atoms with E-state index in [1.165, 1.54) is 42.5 Å². The molecule has 12 heteroatoms. The van der Waals surface area contributed by atoms with Crippen LogP contribution in [0.2, 0.25) is 0 Å². The predicted octanol–water partition coefficient (Wildman–Crippen LogP) is 5.75. The minimum absolute atomic E-state index is 0.0323. The summed E-state index contributed by atoms with van der Waals surface area (Å²) in [6, 6.07) is 16.1. The zero-order valence-electron chi connectivity index (χ0n) is 18.9. The standard InChI is InChI=1S/C25H17BrFN3O6S/c26-17-3-10-21(36-14-15-1-8-20(9-2-15)30(34)35)16(11-17)12-22-24(32)29(25(33)37-22)13-23(31)28-19-6-4-18(27)5-7-19/h1-12H,13-14H2,(H,28,31)/b22-12-. The van der Waals surface area contributed by atoms with Gasteiger partial charge in [-0.15, -0.1) is 0 Å². The van der Waals surface area contributed by atoms with E-state index < -0.39 is 34.3 Å². The van der Waals surface area contributed by atoms with Crippen LogP contribution >= 0.6 is 27.7 Å². The van der Waals surface area contributed by atoms with Gasteiger partial charge in [-0.05, 0) is 78.0 Å². The first-order valence-electron chi connectivity index (χ1n) is 10.7. The molecule has 4 rings (SSSR count). The molecule has 1 saturated heterocycles. The summed E-state index contributed by atoms with van der Waals surface area (Å²) < 4.78 is 19.6. The Labute approximate surface area is 222 Å². The molecule has 1 fully saturated rings. The lowest BCUT2D eigenvalue weighted by Gasteiger charge is -2.12. The molecule has 0 atom stereocenters. The molecule has 0 aliphatic carbocycles. The average Bonchev–Trinajstić information content (AvgIpc) is 3.12. The third-order valence-corrected chi connectivity index (χ3v) is 6.50. The summed E-state index contributed by atoms with van der Waals surface area (Å²) in [5, 5.41) is 12.7. The number of benzene rings is 3. The fourth-order valence-electron chi connectivity index (χ4n) is 3.29. The van der Waals surface area contributed by atoms with Gasteiger partial charge in [-0.25, -0.2) is 4.39 Å². The Hall–Kier alpha value is -4.03. The molecular weight excluding hydrogens is 569 g/mol. The highest BCUT2D eigenvalue weighted by atomic mass is 79.9. The lowest BCUT2D eigenvalue weighted by atomic mass is 10.1. The van der Waals surface area contributed by atoms with Crippen LogP contribution in [0.25, 0.3) is 6.08 Å². The third kappa shape index (κ3) is 6.60. The molecule has 1 N–H and O–H groups in total. The summed E-state index contributed by atoms with van der Waals surface area (Å²) in [5.74, 6) is -1.28. The number of nitro benzene ring substituents is 1. The number of carbonyl (C=O) groups excluding carboxylic acids is 3. The van der Waals surface area contributed by atoms with Gasteiger partial charge in [0.25, 0.3) is 16.8 Å². The fourth-order valence-corrected chi connectivity index (χ4v) is 4.50. The van der Waals surface area contributed by atoms with E-state index in [-0.39, 0.29) is 17.2 Å². The van der Waals surface area contributed by atoms with Gasteiger partial charge in [0, 0.05) is 27.9 Å². The number of imide groups is 1. The Morgan fingerprint density at radius 1 is 1.11 bits per heavy atom. The van der Waals surface area contributed by atoms with Crippen molar-refractivity contribution < 1.29 is 28.4 Å². The van der Waals surface area contributed by atoms with Crippen molar-refractivity contribution in [3.8, 4) is 5.75 Å². The second kappa shape index (κ2) is 11.4. The zero-order chi connectivity index (χ0) is 26.5.